The van der Waals surface area contributed by atoms with Crippen molar-refractivity contribution in [2.45, 2.75) is 33.1 Å². The first-order valence-corrected chi connectivity index (χ1v) is 10.3. The third-order valence-electron chi connectivity index (χ3n) is 4.76. The lowest BCUT2D eigenvalue weighted by Crippen LogP contribution is -2.43. The van der Waals surface area contributed by atoms with Gasteiger partial charge in [0.1, 0.15) is 5.58 Å². The summed E-state index contributed by atoms with van der Waals surface area (Å²) in [5.74, 6) is -0.763. The van der Waals surface area contributed by atoms with Gasteiger partial charge in [0.15, 0.2) is 9.84 Å². The molecular weight excluding hydrogens is 356 g/mol. The van der Waals surface area contributed by atoms with Gasteiger partial charge in [0.25, 0.3) is 0 Å². The van der Waals surface area contributed by atoms with E-state index in [9.17, 15) is 18.0 Å². The van der Waals surface area contributed by atoms with E-state index in [0.717, 1.165) is 27.7 Å². The van der Waals surface area contributed by atoms with Gasteiger partial charge in [0, 0.05) is 17.4 Å². The molecule has 1 saturated heterocycles. The highest BCUT2D eigenvalue weighted by molar-refractivity contribution is 7.91. The van der Waals surface area contributed by atoms with Crippen molar-refractivity contribution in [3.63, 3.8) is 0 Å². The minimum atomic E-state index is -3.01. The van der Waals surface area contributed by atoms with Crippen LogP contribution in [0.25, 0.3) is 11.0 Å². The number of benzene rings is 1. The molecule has 0 saturated carbocycles. The van der Waals surface area contributed by atoms with Gasteiger partial charge in [-0.15, -0.1) is 0 Å². The van der Waals surface area contributed by atoms with E-state index in [-0.39, 0.29) is 42.1 Å². The number of furan rings is 1. The molecule has 1 aliphatic rings. The second-order valence-electron chi connectivity index (χ2n) is 6.94. The molecule has 1 aromatic carbocycles. The Balaban J connectivity index is 1.53. The Morgan fingerprint density at radius 1 is 1.15 bits per heavy atom. The van der Waals surface area contributed by atoms with E-state index in [1.165, 1.54) is 0 Å². The Kier molecular flexibility index (Phi) is 5.04. The van der Waals surface area contributed by atoms with Crippen molar-refractivity contribution in [1.29, 1.82) is 0 Å². The maximum Gasteiger partial charge on any atom is 0.242 e. The maximum absolute atomic E-state index is 12.1. The molecule has 26 heavy (non-hydrogen) atoms. The number of fused-ring (bicyclic) bond motifs is 1. The average Bonchev–Trinajstić information content (AvgIpc) is 3.09. The number of carbonyl (C=O) groups excluding carboxylic acids is 2. The van der Waals surface area contributed by atoms with Crippen LogP contribution in [-0.2, 0) is 25.8 Å². The van der Waals surface area contributed by atoms with Crippen LogP contribution in [-0.4, -0.2) is 31.7 Å². The summed E-state index contributed by atoms with van der Waals surface area (Å²) >= 11 is 0. The van der Waals surface area contributed by atoms with Gasteiger partial charge in [-0.25, -0.2) is 8.42 Å². The van der Waals surface area contributed by atoms with Gasteiger partial charge in [0.05, 0.1) is 24.2 Å². The molecule has 2 heterocycles. The van der Waals surface area contributed by atoms with Gasteiger partial charge in [-0.3, -0.25) is 20.4 Å². The van der Waals surface area contributed by atoms with Gasteiger partial charge in [-0.2, -0.15) is 0 Å². The van der Waals surface area contributed by atoms with Crippen LogP contribution in [0.3, 0.4) is 0 Å². The number of hydrogen-bond acceptors (Lipinski definition) is 5. The fourth-order valence-corrected chi connectivity index (χ4v) is 5.04. The summed E-state index contributed by atoms with van der Waals surface area (Å²) in [4.78, 5) is 24.0. The average molecular weight is 378 g/mol. The molecule has 1 unspecified atom stereocenters. The summed E-state index contributed by atoms with van der Waals surface area (Å²) in [7, 11) is -3.01. The summed E-state index contributed by atoms with van der Waals surface area (Å²) < 4.78 is 28.3. The summed E-state index contributed by atoms with van der Waals surface area (Å²) in [6.45, 7) is 3.99. The van der Waals surface area contributed by atoms with Crippen molar-refractivity contribution in [3.05, 3.63) is 35.1 Å². The number of rotatable bonds is 4. The zero-order chi connectivity index (χ0) is 18.9. The summed E-state index contributed by atoms with van der Waals surface area (Å²) in [6, 6.07) is 3.92. The molecule has 2 amide bonds. The number of carbonyl (C=O) groups is 2. The molecule has 140 valence electrons. The topological polar surface area (TPSA) is 105 Å². The molecule has 7 nitrogen and oxygen atoms in total. The quantitative estimate of drug-likeness (QED) is 0.786. The molecule has 1 aliphatic heterocycles. The Morgan fingerprint density at radius 3 is 2.54 bits per heavy atom. The van der Waals surface area contributed by atoms with E-state index in [1.54, 1.807) is 6.26 Å². The van der Waals surface area contributed by atoms with Gasteiger partial charge < -0.3 is 4.42 Å². The van der Waals surface area contributed by atoms with Crippen LogP contribution < -0.4 is 10.9 Å². The molecule has 0 spiro atoms. The van der Waals surface area contributed by atoms with Crippen molar-refractivity contribution < 1.29 is 22.4 Å². The standard InChI is InChI=1S/C18H22N2O5S/c1-11-5-15-14(9-25-16(15)6-12(11)2)8-18(22)20-19-17(21)7-13-3-4-26(23,24)10-13/h5-6,9,13H,3-4,7-8,10H2,1-2H3,(H,19,21)(H,20,22). The minimum absolute atomic E-state index is 0.0359. The zero-order valence-electron chi connectivity index (χ0n) is 14.8. The predicted molar refractivity (Wildman–Crippen MR) is 97.1 cm³/mol. The van der Waals surface area contributed by atoms with Crippen LogP contribution in [0.2, 0.25) is 0 Å². The molecule has 1 aromatic heterocycles. The van der Waals surface area contributed by atoms with E-state index in [2.05, 4.69) is 10.9 Å². The van der Waals surface area contributed by atoms with Gasteiger partial charge in [-0.05, 0) is 49.4 Å². The first kappa shape index (κ1) is 18.4. The highest BCUT2D eigenvalue weighted by Gasteiger charge is 2.29. The SMILES string of the molecule is Cc1cc2occ(CC(=O)NNC(=O)CC3CCS(=O)(=O)C3)c2cc1C. The van der Waals surface area contributed by atoms with Crippen LogP contribution in [0.5, 0.6) is 0 Å². The van der Waals surface area contributed by atoms with Crippen LogP contribution in [0, 0.1) is 19.8 Å². The monoisotopic (exact) mass is 378 g/mol. The van der Waals surface area contributed by atoms with Crippen LogP contribution in [0.1, 0.15) is 29.5 Å². The van der Waals surface area contributed by atoms with Crippen molar-refractivity contribution in [2.75, 3.05) is 11.5 Å². The lowest BCUT2D eigenvalue weighted by Gasteiger charge is -2.09. The third kappa shape index (κ3) is 4.24. The van der Waals surface area contributed by atoms with E-state index < -0.39 is 9.84 Å². The number of sulfone groups is 1. The number of aryl methyl sites for hydroxylation is 2. The van der Waals surface area contributed by atoms with E-state index >= 15 is 0 Å². The Labute approximate surface area is 152 Å². The molecule has 0 radical (unpaired) electrons. The van der Waals surface area contributed by atoms with Crippen LogP contribution >= 0.6 is 0 Å². The smallest absolute Gasteiger partial charge is 0.242 e. The summed E-state index contributed by atoms with van der Waals surface area (Å²) in [5, 5.41) is 0.880. The van der Waals surface area contributed by atoms with Crippen molar-refractivity contribution in [3.8, 4) is 0 Å². The van der Waals surface area contributed by atoms with Crippen molar-refractivity contribution >= 4 is 32.6 Å². The molecule has 3 rings (SSSR count). The molecule has 1 atom stereocenters. The number of nitrogens with one attached hydrogen (secondary N) is 2. The molecule has 8 heteroatoms. The first-order valence-electron chi connectivity index (χ1n) is 8.49. The Bertz CT molecular complexity index is 961. The maximum atomic E-state index is 12.1. The van der Waals surface area contributed by atoms with Gasteiger partial charge >= 0.3 is 0 Å². The lowest BCUT2D eigenvalue weighted by atomic mass is 10.0. The molecule has 1 fully saturated rings. The van der Waals surface area contributed by atoms with Crippen LogP contribution in [0.4, 0.5) is 0 Å². The highest BCUT2D eigenvalue weighted by Crippen LogP contribution is 2.25. The second kappa shape index (κ2) is 7.11. The fraction of sp³-hybridized carbons (Fsp3) is 0.444. The minimum Gasteiger partial charge on any atom is -0.464 e. The van der Waals surface area contributed by atoms with E-state index in [4.69, 9.17) is 4.42 Å². The Morgan fingerprint density at radius 2 is 1.85 bits per heavy atom. The van der Waals surface area contributed by atoms with Gasteiger partial charge in [-0.1, -0.05) is 0 Å². The normalized spacial score (nSPS) is 18.8. The zero-order valence-corrected chi connectivity index (χ0v) is 15.6. The summed E-state index contributed by atoms with van der Waals surface area (Å²) in [6.07, 6.45) is 2.21. The molecular formula is C18H22N2O5S. The first-order chi connectivity index (χ1) is 12.2. The predicted octanol–water partition coefficient (Wildman–Crippen LogP) is 1.56. The molecule has 2 aromatic rings. The lowest BCUT2D eigenvalue weighted by molar-refractivity contribution is -0.129. The van der Waals surface area contributed by atoms with Crippen molar-refractivity contribution in [1.82, 2.24) is 10.9 Å². The number of hydrogen-bond donors (Lipinski definition) is 2. The molecule has 0 bridgehead atoms. The van der Waals surface area contributed by atoms with E-state index in [1.807, 2.05) is 26.0 Å². The molecule has 2 N–H and O–H groups in total. The highest BCUT2D eigenvalue weighted by atomic mass is 32.2. The van der Waals surface area contributed by atoms with Gasteiger partial charge in [0.2, 0.25) is 11.8 Å². The van der Waals surface area contributed by atoms with Crippen LogP contribution in [0.15, 0.2) is 22.8 Å². The second-order valence-corrected chi connectivity index (χ2v) is 9.17. The molecule has 0 aliphatic carbocycles. The Hall–Kier alpha value is -2.35. The van der Waals surface area contributed by atoms with Crippen molar-refractivity contribution in [2.24, 2.45) is 5.92 Å². The summed E-state index contributed by atoms with van der Waals surface area (Å²) in [5.41, 5.74) is 8.43. The fourth-order valence-electron chi connectivity index (χ4n) is 3.18. The number of amides is 2. The number of hydrazine groups is 1. The third-order valence-corrected chi connectivity index (χ3v) is 6.60. The van der Waals surface area contributed by atoms with E-state index in [0.29, 0.717) is 6.42 Å². The largest absolute Gasteiger partial charge is 0.464 e.